The van der Waals surface area contributed by atoms with Crippen LogP contribution in [0.3, 0.4) is 0 Å². The maximum Gasteiger partial charge on any atom is 0.350 e. The third-order valence-electron chi connectivity index (χ3n) is 5.88. The first-order valence-electron chi connectivity index (χ1n) is 12.1. The van der Waals surface area contributed by atoms with E-state index in [0.29, 0.717) is 29.2 Å². The third-order valence-corrected chi connectivity index (χ3v) is 7.02. The van der Waals surface area contributed by atoms with Crippen LogP contribution in [-0.2, 0) is 14.3 Å². The second kappa shape index (κ2) is 11.4. The Labute approximate surface area is 219 Å². The van der Waals surface area contributed by atoms with Crippen molar-refractivity contribution in [3.05, 3.63) is 81.9 Å². The van der Waals surface area contributed by atoms with E-state index in [4.69, 9.17) is 9.47 Å². The van der Waals surface area contributed by atoms with Gasteiger partial charge in [0.2, 0.25) is 0 Å². The highest BCUT2D eigenvalue weighted by Crippen LogP contribution is 2.44. The van der Waals surface area contributed by atoms with Gasteiger partial charge in [-0.2, -0.15) is 0 Å². The maximum absolute atomic E-state index is 13.4. The minimum absolute atomic E-state index is 0.0626. The van der Waals surface area contributed by atoms with Crippen molar-refractivity contribution in [1.29, 1.82) is 0 Å². The molecule has 4 rings (SSSR count). The maximum atomic E-state index is 13.4. The largest absolute Gasteiger partial charge is 0.507 e. The van der Waals surface area contributed by atoms with Gasteiger partial charge >= 0.3 is 11.9 Å². The van der Waals surface area contributed by atoms with Crippen LogP contribution >= 0.6 is 11.3 Å². The van der Waals surface area contributed by atoms with E-state index < -0.39 is 23.7 Å². The number of hydrogen-bond donors (Lipinski definition) is 1. The zero-order valence-electron chi connectivity index (χ0n) is 20.9. The Morgan fingerprint density at radius 2 is 1.86 bits per heavy atom. The zero-order valence-corrected chi connectivity index (χ0v) is 21.7. The summed E-state index contributed by atoms with van der Waals surface area (Å²) in [4.78, 5) is 45.1. The van der Waals surface area contributed by atoms with Gasteiger partial charge in [0.1, 0.15) is 16.4 Å². The SMILES string of the molecule is CCCCOc1cccc(C2/C(=C(\O)c3ccccc3)C(=O)C(=O)N2c2nc(C)c(C(=O)OCC)s2)c1. The lowest BCUT2D eigenvalue weighted by Crippen LogP contribution is -2.29. The zero-order chi connectivity index (χ0) is 26.5. The molecule has 1 unspecified atom stereocenters. The second-order valence-corrected chi connectivity index (χ2v) is 9.42. The summed E-state index contributed by atoms with van der Waals surface area (Å²) in [6.45, 7) is 6.13. The van der Waals surface area contributed by atoms with Crippen molar-refractivity contribution in [2.24, 2.45) is 0 Å². The number of nitrogens with zero attached hydrogens (tertiary/aromatic N) is 2. The molecule has 0 spiro atoms. The number of amides is 1. The average molecular weight is 521 g/mol. The molecule has 0 aliphatic carbocycles. The Kier molecular flexibility index (Phi) is 8.03. The number of ether oxygens (including phenoxy) is 2. The molecule has 1 aromatic heterocycles. The van der Waals surface area contributed by atoms with E-state index >= 15 is 0 Å². The van der Waals surface area contributed by atoms with Crippen LogP contribution in [0.25, 0.3) is 5.76 Å². The summed E-state index contributed by atoms with van der Waals surface area (Å²) in [5.41, 5.74) is 1.30. The highest BCUT2D eigenvalue weighted by Gasteiger charge is 2.48. The number of unbranched alkanes of at least 4 members (excludes halogenated alkanes) is 1. The van der Waals surface area contributed by atoms with E-state index in [1.807, 2.05) is 0 Å². The number of esters is 1. The van der Waals surface area contributed by atoms with Gasteiger partial charge in [-0.25, -0.2) is 9.78 Å². The Balaban J connectivity index is 1.87. The molecule has 1 aliphatic rings. The number of aliphatic hydroxyl groups is 1. The summed E-state index contributed by atoms with van der Waals surface area (Å²) >= 11 is 0.971. The smallest absolute Gasteiger partial charge is 0.350 e. The average Bonchev–Trinajstić information content (AvgIpc) is 3.41. The minimum Gasteiger partial charge on any atom is -0.507 e. The lowest BCUT2D eigenvalue weighted by atomic mass is 9.95. The predicted octanol–water partition coefficient (Wildman–Crippen LogP) is 5.43. The number of anilines is 1. The lowest BCUT2D eigenvalue weighted by Gasteiger charge is -2.23. The number of hydrogen-bond acceptors (Lipinski definition) is 8. The van der Waals surface area contributed by atoms with E-state index in [1.165, 1.54) is 4.90 Å². The molecule has 1 amide bonds. The lowest BCUT2D eigenvalue weighted by molar-refractivity contribution is -0.132. The topological polar surface area (TPSA) is 106 Å². The number of carbonyl (C=O) groups excluding carboxylic acids is 3. The molecule has 9 heteroatoms. The van der Waals surface area contributed by atoms with Gasteiger partial charge in [0.05, 0.1) is 30.5 Å². The number of rotatable bonds is 9. The second-order valence-electron chi connectivity index (χ2n) is 8.44. The minimum atomic E-state index is -0.976. The molecule has 8 nitrogen and oxygen atoms in total. The monoisotopic (exact) mass is 520 g/mol. The van der Waals surface area contributed by atoms with Crippen LogP contribution in [0.1, 0.15) is 59.2 Å². The first-order chi connectivity index (χ1) is 17.9. The summed E-state index contributed by atoms with van der Waals surface area (Å²) in [5, 5.41) is 11.4. The van der Waals surface area contributed by atoms with Crippen molar-refractivity contribution in [3.63, 3.8) is 0 Å². The van der Waals surface area contributed by atoms with Crippen molar-refractivity contribution in [1.82, 2.24) is 4.98 Å². The van der Waals surface area contributed by atoms with Gasteiger partial charge in [-0.05, 0) is 38.0 Å². The number of carbonyl (C=O) groups is 3. The molecule has 1 N–H and O–H groups in total. The van der Waals surface area contributed by atoms with Crippen LogP contribution in [0.15, 0.2) is 60.2 Å². The summed E-state index contributed by atoms with van der Waals surface area (Å²) in [7, 11) is 0. The Morgan fingerprint density at radius 3 is 2.57 bits per heavy atom. The van der Waals surface area contributed by atoms with Crippen LogP contribution in [0.4, 0.5) is 5.13 Å². The van der Waals surface area contributed by atoms with E-state index in [2.05, 4.69) is 11.9 Å². The molecule has 3 aromatic rings. The van der Waals surface area contributed by atoms with Gasteiger partial charge in [0.15, 0.2) is 5.13 Å². The molecule has 192 valence electrons. The van der Waals surface area contributed by atoms with E-state index in [1.54, 1.807) is 68.4 Å². The number of thiazole rings is 1. The van der Waals surface area contributed by atoms with Gasteiger partial charge in [-0.3, -0.25) is 14.5 Å². The van der Waals surface area contributed by atoms with Crippen LogP contribution in [-0.4, -0.2) is 41.0 Å². The van der Waals surface area contributed by atoms with Gasteiger partial charge in [0.25, 0.3) is 5.78 Å². The number of aromatic nitrogens is 1. The molecular formula is C28H28N2O6S. The van der Waals surface area contributed by atoms with Crippen LogP contribution in [0, 0.1) is 6.92 Å². The number of benzene rings is 2. The van der Waals surface area contributed by atoms with Crippen molar-refractivity contribution >= 4 is 39.9 Å². The fraction of sp³-hybridized carbons (Fsp3) is 0.286. The molecule has 1 fully saturated rings. The van der Waals surface area contributed by atoms with Gasteiger partial charge in [-0.15, -0.1) is 0 Å². The molecule has 0 radical (unpaired) electrons. The first kappa shape index (κ1) is 26.1. The Hall–Kier alpha value is -3.98. The van der Waals surface area contributed by atoms with E-state index in [-0.39, 0.29) is 27.9 Å². The van der Waals surface area contributed by atoms with Crippen LogP contribution < -0.4 is 9.64 Å². The van der Waals surface area contributed by atoms with Crippen LogP contribution in [0.2, 0.25) is 0 Å². The van der Waals surface area contributed by atoms with E-state index in [0.717, 1.165) is 24.2 Å². The molecule has 0 saturated carbocycles. The molecule has 2 heterocycles. The van der Waals surface area contributed by atoms with Crippen molar-refractivity contribution in [2.45, 2.75) is 39.7 Å². The standard InChI is InChI=1S/C28H28N2O6S/c1-4-6-15-36-20-14-10-13-19(16-20)22-21(23(31)18-11-8-7-9-12-18)24(32)26(33)30(22)28-29-17(3)25(37-28)27(34)35-5-2/h7-14,16,22,31H,4-6,15H2,1-3H3/b23-21+. The summed E-state index contributed by atoms with van der Waals surface area (Å²) in [6.07, 6.45) is 1.86. The normalized spacial score (nSPS) is 16.7. The quantitative estimate of drug-likeness (QED) is 0.132. The first-order valence-corrected chi connectivity index (χ1v) is 12.9. The fourth-order valence-electron chi connectivity index (χ4n) is 4.08. The summed E-state index contributed by atoms with van der Waals surface area (Å²) in [5.74, 6) is -1.94. The summed E-state index contributed by atoms with van der Waals surface area (Å²) in [6, 6.07) is 14.7. The fourth-order valence-corrected chi connectivity index (χ4v) is 5.06. The molecule has 2 aromatic carbocycles. The third kappa shape index (κ3) is 5.27. The number of aliphatic hydroxyl groups excluding tert-OH is 1. The molecule has 1 saturated heterocycles. The predicted molar refractivity (Wildman–Crippen MR) is 141 cm³/mol. The van der Waals surface area contributed by atoms with Crippen LogP contribution in [0.5, 0.6) is 5.75 Å². The summed E-state index contributed by atoms with van der Waals surface area (Å²) < 4.78 is 11.0. The van der Waals surface area contributed by atoms with Gasteiger partial charge in [-0.1, -0.05) is 67.1 Å². The highest BCUT2D eigenvalue weighted by molar-refractivity contribution is 7.17. The number of Topliss-reactive ketones (excluding diaryl/α,β-unsaturated/α-hetero) is 1. The molecule has 37 heavy (non-hydrogen) atoms. The molecule has 1 atom stereocenters. The molecule has 0 bridgehead atoms. The van der Waals surface area contributed by atoms with Crippen molar-refractivity contribution < 1.29 is 29.0 Å². The Bertz CT molecular complexity index is 1350. The number of ketones is 1. The van der Waals surface area contributed by atoms with Gasteiger partial charge < -0.3 is 14.6 Å². The molecular weight excluding hydrogens is 492 g/mol. The van der Waals surface area contributed by atoms with E-state index in [9.17, 15) is 19.5 Å². The Morgan fingerprint density at radius 1 is 1.11 bits per heavy atom. The number of aryl methyl sites for hydroxylation is 1. The highest BCUT2D eigenvalue weighted by atomic mass is 32.1. The van der Waals surface area contributed by atoms with Gasteiger partial charge in [0, 0.05) is 5.56 Å². The molecule has 1 aliphatic heterocycles. The van der Waals surface area contributed by atoms with Crippen molar-refractivity contribution in [3.8, 4) is 5.75 Å². The van der Waals surface area contributed by atoms with Crippen molar-refractivity contribution in [2.75, 3.05) is 18.1 Å².